The van der Waals surface area contributed by atoms with Gasteiger partial charge in [-0.05, 0) is 30.9 Å². The first-order chi connectivity index (χ1) is 8.68. The zero-order valence-corrected chi connectivity index (χ0v) is 10.9. The molecule has 1 N–H and O–H groups in total. The number of aliphatic carboxylic acids is 1. The Labute approximate surface area is 112 Å². The molecule has 1 unspecified atom stereocenters. The van der Waals surface area contributed by atoms with Crippen LogP contribution in [0.2, 0.25) is 5.02 Å². The molecule has 0 aliphatic heterocycles. The second-order valence-electron chi connectivity index (χ2n) is 4.73. The number of carbonyl (C=O) groups is 1. The fourth-order valence-electron chi connectivity index (χ4n) is 2.51. The van der Waals surface area contributed by atoms with E-state index in [1.807, 2.05) is 12.1 Å². The van der Waals surface area contributed by atoms with Gasteiger partial charge in [0, 0.05) is 0 Å². The molecule has 1 saturated carbocycles. The average Bonchev–Trinajstić information content (AvgIpc) is 2.85. The van der Waals surface area contributed by atoms with Crippen LogP contribution in [-0.4, -0.2) is 17.7 Å². The van der Waals surface area contributed by atoms with Crippen LogP contribution in [0.15, 0.2) is 24.3 Å². The standard InChI is InChI=1S/C14H17ClO3/c15-12-7-3-4-8-13(12)18-9-11(14(16)17)10-5-1-2-6-10/h3-4,7-8,10-11H,1-2,5-6,9H2,(H,16,17). The minimum absolute atomic E-state index is 0.198. The predicted octanol–water partition coefficient (Wildman–Crippen LogP) is 3.61. The second kappa shape index (κ2) is 6.10. The van der Waals surface area contributed by atoms with E-state index in [-0.39, 0.29) is 12.5 Å². The summed E-state index contributed by atoms with van der Waals surface area (Å²) in [5.41, 5.74) is 0. The molecular weight excluding hydrogens is 252 g/mol. The molecule has 0 amide bonds. The smallest absolute Gasteiger partial charge is 0.310 e. The molecule has 0 saturated heterocycles. The molecule has 1 aliphatic carbocycles. The van der Waals surface area contributed by atoms with Gasteiger partial charge in [-0.15, -0.1) is 0 Å². The summed E-state index contributed by atoms with van der Waals surface area (Å²) >= 11 is 5.97. The Morgan fingerprint density at radius 1 is 1.39 bits per heavy atom. The molecule has 0 heterocycles. The highest BCUT2D eigenvalue weighted by atomic mass is 35.5. The molecule has 2 rings (SSSR count). The monoisotopic (exact) mass is 268 g/mol. The number of ether oxygens (including phenoxy) is 1. The molecule has 1 atom stereocenters. The van der Waals surface area contributed by atoms with Crippen molar-refractivity contribution in [3.63, 3.8) is 0 Å². The van der Waals surface area contributed by atoms with E-state index < -0.39 is 11.9 Å². The number of hydrogen-bond donors (Lipinski definition) is 1. The van der Waals surface area contributed by atoms with Crippen LogP contribution in [0.5, 0.6) is 5.75 Å². The number of carboxylic acid groups (broad SMARTS) is 1. The quantitative estimate of drug-likeness (QED) is 0.887. The van der Waals surface area contributed by atoms with E-state index in [9.17, 15) is 9.90 Å². The lowest BCUT2D eigenvalue weighted by molar-refractivity contribution is -0.144. The molecule has 0 spiro atoms. The second-order valence-corrected chi connectivity index (χ2v) is 5.14. The molecule has 4 heteroatoms. The van der Waals surface area contributed by atoms with Crippen molar-refractivity contribution in [1.82, 2.24) is 0 Å². The maximum Gasteiger partial charge on any atom is 0.310 e. The van der Waals surface area contributed by atoms with Gasteiger partial charge in [0.05, 0.1) is 10.9 Å². The van der Waals surface area contributed by atoms with Crippen LogP contribution >= 0.6 is 11.6 Å². The summed E-state index contributed by atoms with van der Waals surface area (Å²) in [6.45, 7) is 0.198. The van der Waals surface area contributed by atoms with Crippen LogP contribution in [-0.2, 0) is 4.79 Å². The topological polar surface area (TPSA) is 46.5 Å². The average molecular weight is 269 g/mol. The summed E-state index contributed by atoms with van der Waals surface area (Å²) in [6.07, 6.45) is 4.23. The molecule has 98 valence electrons. The van der Waals surface area contributed by atoms with Crippen molar-refractivity contribution in [1.29, 1.82) is 0 Å². The van der Waals surface area contributed by atoms with Crippen LogP contribution < -0.4 is 4.74 Å². The van der Waals surface area contributed by atoms with Crippen molar-refractivity contribution in [2.75, 3.05) is 6.61 Å². The van der Waals surface area contributed by atoms with Crippen molar-refractivity contribution in [2.24, 2.45) is 11.8 Å². The first-order valence-corrected chi connectivity index (χ1v) is 6.66. The lowest BCUT2D eigenvalue weighted by Crippen LogP contribution is -2.28. The third-order valence-corrected chi connectivity index (χ3v) is 3.85. The van der Waals surface area contributed by atoms with Crippen molar-refractivity contribution >= 4 is 17.6 Å². The van der Waals surface area contributed by atoms with Crippen LogP contribution in [0.1, 0.15) is 25.7 Å². The molecule has 1 aromatic carbocycles. The summed E-state index contributed by atoms with van der Waals surface area (Å²) in [5, 5.41) is 9.79. The van der Waals surface area contributed by atoms with Crippen LogP contribution in [0.4, 0.5) is 0 Å². The van der Waals surface area contributed by atoms with Gasteiger partial charge in [-0.2, -0.15) is 0 Å². The lowest BCUT2D eigenvalue weighted by atomic mass is 9.92. The molecule has 3 nitrogen and oxygen atoms in total. The number of para-hydroxylation sites is 1. The van der Waals surface area contributed by atoms with E-state index in [1.165, 1.54) is 0 Å². The highest BCUT2D eigenvalue weighted by Crippen LogP contribution is 2.32. The Balaban J connectivity index is 1.97. The Hall–Kier alpha value is -1.22. The first kappa shape index (κ1) is 13.2. The fraction of sp³-hybridized carbons (Fsp3) is 0.500. The van der Waals surface area contributed by atoms with Gasteiger partial charge in [-0.25, -0.2) is 0 Å². The number of rotatable bonds is 5. The maximum absolute atomic E-state index is 11.3. The molecule has 1 fully saturated rings. The van der Waals surface area contributed by atoms with E-state index in [2.05, 4.69) is 0 Å². The van der Waals surface area contributed by atoms with Crippen molar-refractivity contribution in [2.45, 2.75) is 25.7 Å². The third kappa shape index (κ3) is 3.16. The zero-order chi connectivity index (χ0) is 13.0. The Kier molecular flexibility index (Phi) is 4.48. The van der Waals surface area contributed by atoms with Gasteiger partial charge in [-0.1, -0.05) is 36.6 Å². The molecule has 18 heavy (non-hydrogen) atoms. The number of hydrogen-bond acceptors (Lipinski definition) is 2. The van der Waals surface area contributed by atoms with Gasteiger partial charge in [0.1, 0.15) is 12.4 Å². The van der Waals surface area contributed by atoms with Gasteiger partial charge in [0.2, 0.25) is 0 Å². The van der Waals surface area contributed by atoms with Crippen LogP contribution in [0, 0.1) is 11.8 Å². The van der Waals surface area contributed by atoms with E-state index in [1.54, 1.807) is 12.1 Å². The largest absolute Gasteiger partial charge is 0.491 e. The van der Waals surface area contributed by atoms with E-state index in [4.69, 9.17) is 16.3 Å². The predicted molar refractivity (Wildman–Crippen MR) is 70.0 cm³/mol. The Morgan fingerprint density at radius 3 is 2.67 bits per heavy atom. The van der Waals surface area contributed by atoms with E-state index in [0.717, 1.165) is 25.7 Å². The number of halogens is 1. The van der Waals surface area contributed by atoms with Crippen LogP contribution in [0.25, 0.3) is 0 Å². The molecular formula is C14H17ClO3. The highest BCUT2D eigenvalue weighted by Gasteiger charge is 2.31. The van der Waals surface area contributed by atoms with E-state index >= 15 is 0 Å². The Morgan fingerprint density at radius 2 is 2.06 bits per heavy atom. The van der Waals surface area contributed by atoms with Crippen molar-refractivity contribution < 1.29 is 14.6 Å². The van der Waals surface area contributed by atoms with Crippen molar-refractivity contribution in [3.8, 4) is 5.75 Å². The van der Waals surface area contributed by atoms with E-state index in [0.29, 0.717) is 10.8 Å². The summed E-state index contributed by atoms with van der Waals surface area (Å²) in [4.78, 5) is 11.3. The zero-order valence-electron chi connectivity index (χ0n) is 10.1. The summed E-state index contributed by atoms with van der Waals surface area (Å²) in [6, 6.07) is 7.14. The van der Waals surface area contributed by atoms with Gasteiger partial charge in [-0.3, -0.25) is 4.79 Å². The minimum Gasteiger partial charge on any atom is -0.491 e. The molecule has 1 aromatic rings. The summed E-state index contributed by atoms with van der Waals surface area (Å²) in [5.74, 6) is -0.397. The normalized spacial score (nSPS) is 17.6. The molecule has 1 aliphatic rings. The minimum atomic E-state index is -0.769. The van der Waals surface area contributed by atoms with Crippen molar-refractivity contribution in [3.05, 3.63) is 29.3 Å². The summed E-state index contributed by atoms with van der Waals surface area (Å²) in [7, 11) is 0. The SMILES string of the molecule is O=C(O)C(COc1ccccc1Cl)C1CCCC1. The molecule has 0 bridgehead atoms. The lowest BCUT2D eigenvalue weighted by Gasteiger charge is -2.19. The number of carboxylic acids is 1. The summed E-state index contributed by atoms with van der Waals surface area (Å²) < 4.78 is 5.56. The van der Waals surface area contributed by atoms with Gasteiger partial charge in [0.15, 0.2) is 0 Å². The number of benzene rings is 1. The molecule has 0 radical (unpaired) electrons. The maximum atomic E-state index is 11.3. The first-order valence-electron chi connectivity index (χ1n) is 6.28. The van der Waals surface area contributed by atoms with Crippen LogP contribution in [0.3, 0.4) is 0 Å². The van der Waals surface area contributed by atoms with Gasteiger partial charge < -0.3 is 9.84 Å². The third-order valence-electron chi connectivity index (χ3n) is 3.54. The Bertz CT molecular complexity index is 413. The van der Waals surface area contributed by atoms with Gasteiger partial charge >= 0.3 is 5.97 Å². The van der Waals surface area contributed by atoms with Gasteiger partial charge in [0.25, 0.3) is 0 Å². The fourth-order valence-corrected chi connectivity index (χ4v) is 2.70. The molecule has 0 aromatic heterocycles. The highest BCUT2D eigenvalue weighted by molar-refractivity contribution is 6.32.